The molecular formula is C25H21N5O3. The molecule has 164 valence electrons. The number of benzene rings is 2. The van der Waals surface area contributed by atoms with Gasteiger partial charge in [0, 0.05) is 24.5 Å². The summed E-state index contributed by atoms with van der Waals surface area (Å²) in [5.74, 6) is -0.652. The minimum atomic E-state index is -1.03. The Kier molecular flexibility index (Phi) is 5.63. The van der Waals surface area contributed by atoms with Crippen molar-refractivity contribution < 1.29 is 9.90 Å². The summed E-state index contributed by atoms with van der Waals surface area (Å²) < 4.78 is 1.44. The van der Waals surface area contributed by atoms with E-state index in [1.807, 2.05) is 26.0 Å². The summed E-state index contributed by atoms with van der Waals surface area (Å²) in [6.45, 7) is 3.79. The maximum absolute atomic E-state index is 13.2. The highest BCUT2D eigenvalue weighted by molar-refractivity contribution is 5.94. The van der Waals surface area contributed by atoms with Crippen molar-refractivity contribution in [3.63, 3.8) is 0 Å². The molecule has 8 nitrogen and oxygen atoms in total. The molecule has 2 aromatic heterocycles. The largest absolute Gasteiger partial charge is 0.478 e. The molecule has 0 aliphatic heterocycles. The van der Waals surface area contributed by atoms with Crippen LogP contribution in [0.25, 0.3) is 22.4 Å². The Hall–Kier alpha value is -4.51. The van der Waals surface area contributed by atoms with Crippen molar-refractivity contribution >= 4 is 22.6 Å². The molecule has 0 amide bonds. The van der Waals surface area contributed by atoms with Gasteiger partial charge in [0.1, 0.15) is 11.8 Å². The van der Waals surface area contributed by atoms with E-state index in [9.17, 15) is 14.7 Å². The Labute approximate surface area is 189 Å². The fraction of sp³-hybridized carbons (Fsp3) is 0.160. The van der Waals surface area contributed by atoms with E-state index in [4.69, 9.17) is 10.2 Å². The molecule has 0 unspecified atom stereocenters. The second kappa shape index (κ2) is 8.55. The number of nitriles is 1. The summed E-state index contributed by atoms with van der Waals surface area (Å²) in [6.07, 6.45) is 1.44. The van der Waals surface area contributed by atoms with Gasteiger partial charge in [-0.25, -0.2) is 9.78 Å². The third-order valence-corrected chi connectivity index (χ3v) is 5.47. The first-order valence-electron chi connectivity index (χ1n) is 10.3. The van der Waals surface area contributed by atoms with Gasteiger partial charge >= 0.3 is 5.97 Å². The Morgan fingerprint density at radius 3 is 2.64 bits per heavy atom. The molecule has 0 aliphatic carbocycles. The zero-order chi connectivity index (χ0) is 23.7. The van der Waals surface area contributed by atoms with Crippen LogP contribution in [0.2, 0.25) is 0 Å². The van der Waals surface area contributed by atoms with E-state index in [1.165, 1.54) is 16.8 Å². The number of para-hydroxylation sites is 1. The predicted octanol–water partition coefficient (Wildman–Crippen LogP) is 4.05. The summed E-state index contributed by atoms with van der Waals surface area (Å²) >= 11 is 0. The van der Waals surface area contributed by atoms with Crippen LogP contribution < -0.4 is 10.9 Å². The summed E-state index contributed by atoms with van der Waals surface area (Å²) in [5.41, 5.74) is 3.47. The van der Waals surface area contributed by atoms with Gasteiger partial charge in [-0.15, -0.1) is 0 Å². The van der Waals surface area contributed by atoms with Gasteiger partial charge in [-0.3, -0.25) is 14.3 Å². The molecule has 0 radical (unpaired) electrons. The predicted molar refractivity (Wildman–Crippen MR) is 125 cm³/mol. The topological polar surface area (TPSA) is 121 Å². The van der Waals surface area contributed by atoms with E-state index >= 15 is 0 Å². The summed E-state index contributed by atoms with van der Waals surface area (Å²) in [7, 11) is 1.64. The molecule has 2 heterocycles. The number of carbonyl (C=O) groups is 1. The third-order valence-electron chi connectivity index (χ3n) is 5.47. The van der Waals surface area contributed by atoms with Crippen molar-refractivity contribution in [2.75, 3.05) is 5.32 Å². The number of hydrogen-bond acceptors (Lipinski definition) is 6. The van der Waals surface area contributed by atoms with Gasteiger partial charge in [-0.05, 0) is 49.7 Å². The zero-order valence-electron chi connectivity index (χ0n) is 18.3. The minimum Gasteiger partial charge on any atom is -0.478 e. The fourth-order valence-corrected chi connectivity index (χ4v) is 3.81. The number of nitrogens with zero attached hydrogens (tertiary/aromatic N) is 4. The van der Waals surface area contributed by atoms with Crippen molar-refractivity contribution in [2.24, 2.45) is 7.05 Å². The average molecular weight is 439 g/mol. The van der Waals surface area contributed by atoms with Crippen molar-refractivity contribution in [3.05, 3.63) is 87.3 Å². The van der Waals surface area contributed by atoms with Crippen LogP contribution in [-0.4, -0.2) is 25.6 Å². The highest BCUT2D eigenvalue weighted by atomic mass is 16.4. The number of aromatic nitrogens is 3. The molecule has 4 aromatic rings. The number of carboxylic acid groups (broad SMARTS) is 1. The molecule has 0 aliphatic rings. The van der Waals surface area contributed by atoms with Gasteiger partial charge in [0.25, 0.3) is 5.56 Å². The molecule has 2 aromatic carbocycles. The maximum Gasteiger partial charge on any atom is 0.337 e. The number of aromatic carboxylic acids is 1. The third kappa shape index (κ3) is 4.04. The number of fused-ring (bicyclic) bond motifs is 1. The number of pyridine rings is 1. The molecule has 0 fully saturated rings. The summed E-state index contributed by atoms with van der Waals surface area (Å²) in [6, 6.07) is 15.4. The first-order chi connectivity index (χ1) is 15.8. The normalized spacial score (nSPS) is 11.7. The van der Waals surface area contributed by atoms with Crippen LogP contribution in [0.3, 0.4) is 0 Å². The van der Waals surface area contributed by atoms with Crippen molar-refractivity contribution in [2.45, 2.75) is 19.9 Å². The highest BCUT2D eigenvalue weighted by Crippen LogP contribution is 2.29. The van der Waals surface area contributed by atoms with Crippen LogP contribution in [0.1, 0.15) is 40.0 Å². The number of rotatable bonds is 5. The van der Waals surface area contributed by atoms with Crippen LogP contribution in [0, 0.1) is 18.3 Å². The molecule has 0 saturated carbocycles. The van der Waals surface area contributed by atoms with E-state index in [0.717, 1.165) is 11.1 Å². The first kappa shape index (κ1) is 21.7. The highest BCUT2D eigenvalue weighted by Gasteiger charge is 2.19. The van der Waals surface area contributed by atoms with E-state index in [0.29, 0.717) is 33.7 Å². The number of aryl methyl sites for hydroxylation is 1. The van der Waals surface area contributed by atoms with Crippen LogP contribution in [0.5, 0.6) is 0 Å². The number of anilines is 1. The van der Waals surface area contributed by atoms with Crippen LogP contribution in [0.15, 0.2) is 59.5 Å². The van der Waals surface area contributed by atoms with Gasteiger partial charge in [0.2, 0.25) is 0 Å². The quantitative estimate of drug-likeness (QED) is 0.481. The number of nitrogens with one attached hydrogen (secondary N) is 1. The minimum absolute atomic E-state index is 0.160. The van der Waals surface area contributed by atoms with E-state index < -0.39 is 5.97 Å². The first-order valence-corrected chi connectivity index (χ1v) is 10.3. The molecule has 1 atom stereocenters. The SMILES string of the molecule is Cc1cc([C@@H](C)Nc2ccccc2C(=O)O)c2nc(-c3ccc(C#N)cn3)n(C)c(=O)c2c1. The average Bonchev–Trinajstić information content (AvgIpc) is 2.81. The number of carboxylic acids is 1. The summed E-state index contributed by atoms with van der Waals surface area (Å²) in [4.78, 5) is 33.9. The Morgan fingerprint density at radius 2 is 1.97 bits per heavy atom. The lowest BCUT2D eigenvalue weighted by atomic mass is 10.0. The molecule has 0 bridgehead atoms. The van der Waals surface area contributed by atoms with E-state index in [2.05, 4.69) is 10.3 Å². The smallest absolute Gasteiger partial charge is 0.337 e. The Balaban J connectivity index is 1.88. The van der Waals surface area contributed by atoms with Crippen LogP contribution in [-0.2, 0) is 7.05 Å². The van der Waals surface area contributed by atoms with E-state index in [1.54, 1.807) is 43.4 Å². The Bertz CT molecular complexity index is 1480. The lowest BCUT2D eigenvalue weighted by Gasteiger charge is -2.20. The van der Waals surface area contributed by atoms with Crippen molar-refractivity contribution in [3.8, 4) is 17.6 Å². The van der Waals surface area contributed by atoms with E-state index in [-0.39, 0.29) is 17.2 Å². The van der Waals surface area contributed by atoms with Crippen molar-refractivity contribution in [1.82, 2.24) is 14.5 Å². The lowest BCUT2D eigenvalue weighted by Crippen LogP contribution is -2.22. The lowest BCUT2D eigenvalue weighted by molar-refractivity contribution is 0.0698. The molecule has 4 rings (SSSR count). The van der Waals surface area contributed by atoms with Crippen molar-refractivity contribution in [1.29, 1.82) is 5.26 Å². The van der Waals surface area contributed by atoms with Gasteiger partial charge < -0.3 is 10.4 Å². The van der Waals surface area contributed by atoms with Gasteiger partial charge in [0.15, 0.2) is 5.82 Å². The maximum atomic E-state index is 13.2. The van der Waals surface area contributed by atoms with Gasteiger partial charge in [0.05, 0.1) is 28.1 Å². The molecule has 2 N–H and O–H groups in total. The van der Waals surface area contributed by atoms with Gasteiger partial charge in [-0.2, -0.15) is 5.26 Å². The molecule has 33 heavy (non-hydrogen) atoms. The van der Waals surface area contributed by atoms with Crippen LogP contribution >= 0.6 is 0 Å². The standard InChI is InChI=1S/C25H21N5O3/c1-14-10-18(15(2)28-20-7-5-4-6-17(20)25(32)33)22-19(11-14)24(31)30(3)23(29-22)21-9-8-16(12-26)13-27-21/h4-11,13,15,28H,1-3H3,(H,32,33)/t15-/m1/s1. The van der Waals surface area contributed by atoms with Gasteiger partial charge in [-0.1, -0.05) is 18.2 Å². The monoisotopic (exact) mass is 439 g/mol. The second-order valence-corrected chi connectivity index (χ2v) is 7.81. The fourth-order valence-electron chi connectivity index (χ4n) is 3.81. The molecule has 0 saturated heterocycles. The van der Waals surface area contributed by atoms with Crippen LogP contribution in [0.4, 0.5) is 5.69 Å². The Morgan fingerprint density at radius 1 is 1.21 bits per heavy atom. The molecule has 8 heteroatoms. The summed E-state index contributed by atoms with van der Waals surface area (Å²) in [5, 5.41) is 22.3. The zero-order valence-corrected chi connectivity index (χ0v) is 18.3. The number of hydrogen-bond donors (Lipinski definition) is 2. The molecule has 0 spiro atoms. The molecular weight excluding hydrogens is 418 g/mol. The second-order valence-electron chi connectivity index (χ2n) is 7.81.